The van der Waals surface area contributed by atoms with Crippen LogP contribution in [0.2, 0.25) is 0 Å². The van der Waals surface area contributed by atoms with Crippen molar-refractivity contribution in [2.75, 3.05) is 6.61 Å². The van der Waals surface area contributed by atoms with E-state index < -0.39 is 24.8 Å². The quantitative estimate of drug-likeness (QED) is 0.624. The predicted molar refractivity (Wildman–Crippen MR) is 79.4 cm³/mol. The number of para-hydroxylation sites is 1. The van der Waals surface area contributed by atoms with Crippen LogP contribution in [0, 0.1) is 0 Å². The van der Waals surface area contributed by atoms with Crippen LogP contribution in [0.3, 0.4) is 0 Å². The summed E-state index contributed by atoms with van der Waals surface area (Å²) in [5.74, 6) is -0.292. The fourth-order valence-electron chi connectivity index (χ4n) is 1.76. The summed E-state index contributed by atoms with van der Waals surface area (Å²) in [6.45, 7) is 1.25. The van der Waals surface area contributed by atoms with Gasteiger partial charge in [0.25, 0.3) is 0 Å². The maximum absolute atomic E-state index is 11.6. The molecular weight excluding hydrogens is 284 g/mol. The van der Waals surface area contributed by atoms with Crippen LogP contribution in [0.5, 0.6) is 5.75 Å². The molecule has 0 aromatic heterocycles. The molecule has 2 aromatic rings. The molecule has 0 aliphatic carbocycles. The highest BCUT2D eigenvalue weighted by Crippen LogP contribution is 2.16. The molecule has 2 aromatic carbocycles. The van der Waals surface area contributed by atoms with Gasteiger partial charge in [-0.2, -0.15) is 0 Å². The van der Waals surface area contributed by atoms with Crippen molar-refractivity contribution in [1.82, 2.24) is 0 Å². The number of esters is 1. The van der Waals surface area contributed by atoms with Gasteiger partial charge in [-0.15, -0.1) is 0 Å². The number of hydrogen-bond acceptors (Lipinski definition) is 5. The second-order valence-electron chi connectivity index (χ2n) is 4.50. The lowest BCUT2D eigenvalue weighted by Crippen LogP contribution is -2.20. The van der Waals surface area contributed by atoms with Crippen molar-refractivity contribution >= 4 is 12.1 Å². The minimum atomic E-state index is -0.949. The molecule has 0 amide bonds. The van der Waals surface area contributed by atoms with Crippen molar-refractivity contribution in [2.45, 2.75) is 13.0 Å². The zero-order valence-electron chi connectivity index (χ0n) is 12.1. The van der Waals surface area contributed by atoms with Crippen molar-refractivity contribution in [3.05, 3.63) is 66.2 Å². The molecule has 114 valence electrons. The molecule has 0 aliphatic rings. The van der Waals surface area contributed by atoms with E-state index >= 15 is 0 Å². The summed E-state index contributed by atoms with van der Waals surface area (Å²) in [6, 6.07) is 17.7. The monoisotopic (exact) mass is 300 g/mol. The number of ether oxygens (including phenoxy) is 3. The van der Waals surface area contributed by atoms with Crippen molar-refractivity contribution < 1.29 is 23.8 Å². The SMILES string of the molecule is CC(OC(=O)COC(=O)Oc1ccccc1)c1ccccc1. The summed E-state index contributed by atoms with van der Waals surface area (Å²) in [5.41, 5.74) is 0.864. The Bertz CT molecular complexity index is 609. The van der Waals surface area contributed by atoms with Crippen LogP contribution < -0.4 is 4.74 Å². The predicted octanol–water partition coefficient (Wildman–Crippen LogP) is 3.51. The first-order valence-corrected chi connectivity index (χ1v) is 6.79. The average Bonchev–Trinajstić information content (AvgIpc) is 2.55. The summed E-state index contributed by atoms with van der Waals surface area (Å²) in [5, 5.41) is 0. The summed E-state index contributed by atoms with van der Waals surface area (Å²) < 4.78 is 14.8. The number of carbonyl (C=O) groups excluding carboxylic acids is 2. The second kappa shape index (κ2) is 7.83. The van der Waals surface area contributed by atoms with Gasteiger partial charge in [-0.05, 0) is 24.6 Å². The van der Waals surface area contributed by atoms with Crippen LogP contribution in [0.4, 0.5) is 4.79 Å². The zero-order valence-corrected chi connectivity index (χ0v) is 12.1. The summed E-state index contributed by atoms with van der Waals surface area (Å²) >= 11 is 0. The van der Waals surface area contributed by atoms with Crippen molar-refractivity contribution in [2.24, 2.45) is 0 Å². The van der Waals surface area contributed by atoms with Gasteiger partial charge in [0.05, 0.1) is 0 Å². The third kappa shape index (κ3) is 4.94. The molecule has 0 heterocycles. The molecule has 5 nitrogen and oxygen atoms in total. The van der Waals surface area contributed by atoms with Gasteiger partial charge >= 0.3 is 12.1 Å². The zero-order chi connectivity index (χ0) is 15.8. The summed E-state index contributed by atoms with van der Waals surface area (Å²) in [7, 11) is 0. The van der Waals surface area contributed by atoms with E-state index in [-0.39, 0.29) is 0 Å². The Balaban J connectivity index is 1.74. The third-order valence-electron chi connectivity index (χ3n) is 2.83. The Morgan fingerprint density at radius 3 is 2.18 bits per heavy atom. The number of hydrogen-bond donors (Lipinski definition) is 0. The first-order valence-electron chi connectivity index (χ1n) is 6.79. The Labute approximate surface area is 128 Å². The molecule has 22 heavy (non-hydrogen) atoms. The van der Waals surface area contributed by atoms with Gasteiger partial charge in [0.2, 0.25) is 0 Å². The first-order chi connectivity index (χ1) is 10.6. The van der Waals surface area contributed by atoms with E-state index in [1.807, 2.05) is 30.3 Å². The Morgan fingerprint density at radius 2 is 1.55 bits per heavy atom. The van der Waals surface area contributed by atoms with Gasteiger partial charge in [-0.3, -0.25) is 0 Å². The van der Waals surface area contributed by atoms with Gasteiger partial charge in [0, 0.05) is 0 Å². The molecule has 0 saturated heterocycles. The largest absolute Gasteiger partial charge is 0.514 e. The van der Waals surface area contributed by atoms with E-state index in [1.165, 1.54) is 0 Å². The summed E-state index contributed by atoms with van der Waals surface area (Å²) in [4.78, 5) is 23.0. The van der Waals surface area contributed by atoms with E-state index in [9.17, 15) is 9.59 Å². The number of rotatable bonds is 5. The molecule has 0 fully saturated rings. The van der Waals surface area contributed by atoms with Crippen LogP contribution in [0.15, 0.2) is 60.7 Å². The van der Waals surface area contributed by atoms with Crippen LogP contribution >= 0.6 is 0 Å². The van der Waals surface area contributed by atoms with Gasteiger partial charge in [-0.1, -0.05) is 48.5 Å². The van der Waals surface area contributed by atoms with Crippen molar-refractivity contribution in [1.29, 1.82) is 0 Å². The maximum Gasteiger partial charge on any atom is 0.514 e. The van der Waals surface area contributed by atoms with Crippen molar-refractivity contribution in [3.8, 4) is 5.75 Å². The Kier molecular flexibility index (Phi) is 5.54. The van der Waals surface area contributed by atoms with E-state index in [0.717, 1.165) is 5.56 Å². The topological polar surface area (TPSA) is 61.8 Å². The Morgan fingerprint density at radius 1 is 0.955 bits per heavy atom. The molecule has 2 rings (SSSR count). The molecule has 0 aliphatic heterocycles. The van der Waals surface area contributed by atoms with Gasteiger partial charge in [0.15, 0.2) is 6.61 Å². The first kappa shape index (κ1) is 15.6. The lowest BCUT2D eigenvalue weighted by Gasteiger charge is -2.13. The van der Waals surface area contributed by atoms with E-state index in [0.29, 0.717) is 5.75 Å². The van der Waals surface area contributed by atoms with Crippen LogP contribution in [-0.4, -0.2) is 18.7 Å². The smallest absolute Gasteiger partial charge is 0.455 e. The molecule has 1 unspecified atom stereocenters. The molecular formula is C17H16O5. The Hall–Kier alpha value is -2.82. The van der Waals surface area contributed by atoms with E-state index in [1.54, 1.807) is 37.3 Å². The van der Waals surface area contributed by atoms with Crippen LogP contribution in [0.1, 0.15) is 18.6 Å². The van der Waals surface area contributed by atoms with Crippen LogP contribution in [0.25, 0.3) is 0 Å². The molecule has 5 heteroatoms. The van der Waals surface area contributed by atoms with E-state index in [2.05, 4.69) is 0 Å². The molecule has 0 N–H and O–H groups in total. The molecule has 1 atom stereocenters. The van der Waals surface area contributed by atoms with Crippen molar-refractivity contribution in [3.63, 3.8) is 0 Å². The van der Waals surface area contributed by atoms with Gasteiger partial charge in [0.1, 0.15) is 11.9 Å². The number of benzene rings is 2. The fraction of sp³-hybridized carbons (Fsp3) is 0.176. The standard InChI is InChI=1S/C17H16O5/c1-13(14-8-4-2-5-9-14)21-16(18)12-20-17(19)22-15-10-6-3-7-11-15/h2-11,13H,12H2,1H3. The minimum absolute atomic E-state index is 0.346. The summed E-state index contributed by atoms with van der Waals surface area (Å²) in [6.07, 6.45) is -1.36. The second-order valence-corrected chi connectivity index (χ2v) is 4.50. The molecule has 0 spiro atoms. The number of carbonyl (C=O) groups is 2. The normalized spacial score (nSPS) is 11.3. The highest BCUT2D eigenvalue weighted by atomic mass is 16.7. The lowest BCUT2D eigenvalue weighted by atomic mass is 10.1. The highest BCUT2D eigenvalue weighted by Gasteiger charge is 2.14. The average molecular weight is 300 g/mol. The van der Waals surface area contributed by atoms with Gasteiger partial charge in [-0.25, -0.2) is 9.59 Å². The lowest BCUT2D eigenvalue weighted by molar-refractivity contribution is -0.152. The molecule has 0 radical (unpaired) electrons. The fourth-order valence-corrected chi connectivity index (χ4v) is 1.76. The molecule has 0 bridgehead atoms. The van der Waals surface area contributed by atoms with Crippen LogP contribution in [-0.2, 0) is 14.3 Å². The molecule has 0 saturated carbocycles. The third-order valence-corrected chi connectivity index (χ3v) is 2.83. The highest BCUT2D eigenvalue weighted by molar-refractivity contribution is 5.74. The maximum atomic E-state index is 11.6. The minimum Gasteiger partial charge on any atom is -0.455 e. The van der Waals surface area contributed by atoms with Gasteiger partial charge < -0.3 is 14.2 Å². The van der Waals surface area contributed by atoms with E-state index in [4.69, 9.17) is 14.2 Å².